The normalized spacial score (nSPS) is 21.3. The third kappa shape index (κ3) is 5.48. The van der Waals surface area contributed by atoms with Gasteiger partial charge in [-0.25, -0.2) is 14.0 Å². The highest BCUT2D eigenvalue weighted by molar-refractivity contribution is 7.80. The van der Waals surface area contributed by atoms with E-state index in [4.69, 9.17) is 21.7 Å². The van der Waals surface area contributed by atoms with E-state index in [0.717, 1.165) is 17.8 Å². The number of thiocarbonyl (C=S) groups is 1. The molecule has 0 aromatic heterocycles. The Balaban J connectivity index is 1.31. The van der Waals surface area contributed by atoms with Gasteiger partial charge >= 0.3 is 12.2 Å². The molecule has 0 unspecified atom stereocenters. The number of benzene rings is 1. The van der Waals surface area contributed by atoms with Crippen LogP contribution in [0, 0.1) is 11.7 Å². The fourth-order valence-corrected chi connectivity index (χ4v) is 4.97. The van der Waals surface area contributed by atoms with Crippen LogP contribution in [0.4, 0.5) is 25.4 Å². The van der Waals surface area contributed by atoms with Crippen molar-refractivity contribution < 1.29 is 23.5 Å². The number of anilines is 2. The number of cyclic esters (lactones) is 1. The van der Waals surface area contributed by atoms with E-state index in [0.29, 0.717) is 63.2 Å². The number of carbonyl (C=O) groups is 2. The number of nitrogens with zero attached hydrogens (tertiary/aromatic N) is 3. The topological polar surface area (TPSA) is 74.3 Å². The second kappa shape index (κ2) is 10.5. The summed E-state index contributed by atoms with van der Waals surface area (Å²) in [6.45, 7) is 4.86. The van der Waals surface area contributed by atoms with Crippen molar-refractivity contribution in [2.45, 2.75) is 38.7 Å². The lowest BCUT2D eigenvalue weighted by Crippen LogP contribution is -2.49. The maximum absolute atomic E-state index is 15.0. The zero-order valence-corrected chi connectivity index (χ0v) is 19.7. The largest absolute Gasteiger partial charge is 0.450 e. The van der Waals surface area contributed by atoms with E-state index < -0.39 is 11.9 Å². The Hall–Kier alpha value is -2.62. The number of carbonyl (C=O) groups excluding carboxylic acids is 2. The molecule has 3 aliphatic rings. The number of amides is 2. The van der Waals surface area contributed by atoms with Crippen molar-refractivity contribution in [3.8, 4) is 0 Å². The van der Waals surface area contributed by atoms with Gasteiger partial charge in [0, 0.05) is 32.1 Å². The standard InChI is InChI=1S/C23H31FN4O4S/c1-2-31-22(29)27-11-9-26(10-12-27)20-8-7-17(13-19(20)24)28-15-18(32-23(28)30)14-25-21(33)16-5-3-4-6-16/h7-8,13,16,18H,2-6,9-12,14-15H2,1H3,(H,25,33)/t18-/m0/s1. The van der Waals surface area contributed by atoms with Gasteiger partial charge in [0.25, 0.3) is 0 Å². The third-order valence-electron chi connectivity index (χ3n) is 6.49. The van der Waals surface area contributed by atoms with Crippen molar-refractivity contribution in [2.75, 3.05) is 55.7 Å². The molecule has 1 aliphatic carbocycles. The highest BCUT2D eigenvalue weighted by Crippen LogP contribution is 2.29. The first-order valence-corrected chi connectivity index (χ1v) is 12.1. The van der Waals surface area contributed by atoms with E-state index in [2.05, 4.69) is 5.32 Å². The van der Waals surface area contributed by atoms with Crippen molar-refractivity contribution in [3.05, 3.63) is 24.0 Å². The summed E-state index contributed by atoms with van der Waals surface area (Å²) in [5.41, 5.74) is 0.919. The van der Waals surface area contributed by atoms with Gasteiger partial charge in [0.15, 0.2) is 0 Å². The van der Waals surface area contributed by atoms with Crippen LogP contribution in [-0.4, -0.2) is 74.1 Å². The van der Waals surface area contributed by atoms with Gasteiger partial charge in [-0.05, 0) is 38.0 Å². The van der Waals surface area contributed by atoms with Gasteiger partial charge in [0.1, 0.15) is 11.9 Å². The third-order valence-corrected chi connectivity index (χ3v) is 6.97. The molecule has 1 N–H and O–H groups in total. The molecule has 3 fully saturated rings. The molecule has 0 bridgehead atoms. The van der Waals surface area contributed by atoms with Crippen LogP contribution in [0.3, 0.4) is 0 Å². The summed E-state index contributed by atoms with van der Waals surface area (Å²) in [5.74, 6) is 0.0166. The van der Waals surface area contributed by atoms with Crippen LogP contribution < -0.4 is 15.1 Å². The number of hydrogen-bond donors (Lipinski definition) is 1. The first kappa shape index (κ1) is 23.5. The number of hydrogen-bond acceptors (Lipinski definition) is 6. The zero-order valence-electron chi connectivity index (χ0n) is 18.9. The molecule has 2 amide bonds. The molecule has 1 saturated carbocycles. The molecule has 8 nitrogen and oxygen atoms in total. The predicted molar refractivity (Wildman–Crippen MR) is 127 cm³/mol. The van der Waals surface area contributed by atoms with E-state index in [1.165, 1.54) is 23.8 Å². The number of piperazine rings is 1. The highest BCUT2D eigenvalue weighted by atomic mass is 32.1. The lowest BCUT2D eigenvalue weighted by atomic mass is 10.1. The van der Waals surface area contributed by atoms with Crippen LogP contribution in [0.25, 0.3) is 0 Å². The Bertz CT molecular complexity index is 887. The molecule has 2 heterocycles. The molecule has 1 atom stereocenters. The van der Waals surface area contributed by atoms with Gasteiger partial charge in [0.05, 0.1) is 36.1 Å². The smallest absolute Gasteiger partial charge is 0.414 e. The average Bonchev–Trinajstić information content (AvgIpc) is 3.48. The van der Waals surface area contributed by atoms with Crippen molar-refractivity contribution >= 4 is 40.8 Å². The maximum Gasteiger partial charge on any atom is 0.414 e. The molecule has 180 valence electrons. The Morgan fingerprint density at radius 2 is 1.97 bits per heavy atom. The van der Waals surface area contributed by atoms with Crippen LogP contribution in [0.1, 0.15) is 32.6 Å². The molecular weight excluding hydrogens is 447 g/mol. The summed E-state index contributed by atoms with van der Waals surface area (Å²) in [5, 5.41) is 3.25. The van der Waals surface area contributed by atoms with Crippen LogP contribution in [0.15, 0.2) is 18.2 Å². The Kier molecular flexibility index (Phi) is 7.52. The van der Waals surface area contributed by atoms with Crippen LogP contribution in [0.2, 0.25) is 0 Å². The quantitative estimate of drug-likeness (QED) is 0.627. The molecule has 0 spiro atoms. The van der Waals surface area contributed by atoms with E-state index >= 15 is 0 Å². The van der Waals surface area contributed by atoms with Crippen LogP contribution >= 0.6 is 12.2 Å². The number of rotatable bonds is 6. The first-order valence-electron chi connectivity index (χ1n) is 11.7. The second-order valence-corrected chi connectivity index (χ2v) is 9.09. The number of halogens is 1. The van der Waals surface area contributed by atoms with Crippen molar-refractivity contribution in [2.24, 2.45) is 5.92 Å². The van der Waals surface area contributed by atoms with Gasteiger partial charge in [0.2, 0.25) is 0 Å². The molecule has 2 saturated heterocycles. The fourth-order valence-electron chi connectivity index (χ4n) is 4.65. The van der Waals surface area contributed by atoms with Gasteiger partial charge in [-0.15, -0.1) is 0 Å². The van der Waals surface area contributed by atoms with Crippen molar-refractivity contribution in [3.63, 3.8) is 0 Å². The van der Waals surface area contributed by atoms with Gasteiger partial charge in [-0.3, -0.25) is 4.90 Å². The summed E-state index contributed by atoms with van der Waals surface area (Å²) in [6.07, 6.45) is 3.49. The Labute approximate surface area is 199 Å². The molecule has 1 aromatic carbocycles. The second-order valence-electron chi connectivity index (χ2n) is 8.65. The highest BCUT2D eigenvalue weighted by Gasteiger charge is 2.33. The minimum Gasteiger partial charge on any atom is -0.450 e. The summed E-state index contributed by atoms with van der Waals surface area (Å²) in [4.78, 5) is 30.1. The van der Waals surface area contributed by atoms with Crippen LogP contribution in [0.5, 0.6) is 0 Å². The van der Waals surface area contributed by atoms with E-state index in [1.807, 2.05) is 4.90 Å². The van der Waals surface area contributed by atoms with Crippen molar-refractivity contribution in [1.29, 1.82) is 0 Å². The molecule has 2 aliphatic heterocycles. The lowest BCUT2D eigenvalue weighted by molar-refractivity contribution is 0.105. The zero-order chi connectivity index (χ0) is 23.4. The molecular formula is C23H31FN4O4S. The molecule has 4 rings (SSSR count). The average molecular weight is 479 g/mol. The van der Waals surface area contributed by atoms with Crippen molar-refractivity contribution in [1.82, 2.24) is 10.2 Å². The monoisotopic (exact) mass is 478 g/mol. The van der Waals surface area contributed by atoms with Gasteiger partial charge < -0.3 is 24.6 Å². The van der Waals surface area contributed by atoms with E-state index in [1.54, 1.807) is 24.0 Å². The number of ether oxygens (including phenoxy) is 2. The summed E-state index contributed by atoms with van der Waals surface area (Å²) in [6, 6.07) is 4.78. The summed E-state index contributed by atoms with van der Waals surface area (Å²) in [7, 11) is 0. The Morgan fingerprint density at radius 1 is 1.24 bits per heavy atom. The van der Waals surface area contributed by atoms with E-state index in [-0.39, 0.29) is 12.2 Å². The minimum atomic E-state index is -0.483. The summed E-state index contributed by atoms with van der Waals surface area (Å²) >= 11 is 5.48. The fraction of sp³-hybridized carbons (Fsp3) is 0.609. The Morgan fingerprint density at radius 3 is 2.64 bits per heavy atom. The predicted octanol–water partition coefficient (Wildman–Crippen LogP) is 3.54. The maximum atomic E-state index is 15.0. The first-order chi connectivity index (χ1) is 16.0. The molecule has 0 radical (unpaired) electrons. The number of nitrogens with one attached hydrogen (secondary N) is 1. The SMILES string of the molecule is CCOC(=O)N1CCN(c2ccc(N3C[C@H](CNC(=S)C4CCCC4)OC3=O)cc2F)CC1. The molecule has 10 heteroatoms. The van der Waals surface area contributed by atoms with Gasteiger partial charge in [-0.1, -0.05) is 25.1 Å². The minimum absolute atomic E-state index is 0.332. The summed E-state index contributed by atoms with van der Waals surface area (Å²) < 4.78 is 25.5. The molecule has 33 heavy (non-hydrogen) atoms. The van der Waals surface area contributed by atoms with Crippen LogP contribution in [-0.2, 0) is 9.47 Å². The molecule has 1 aromatic rings. The van der Waals surface area contributed by atoms with E-state index in [9.17, 15) is 14.0 Å². The lowest BCUT2D eigenvalue weighted by Gasteiger charge is -2.35. The van der Waals surface area contributed by atoms with Gasteiger partial charge in [-0.2, -0.15) is 0 Å².